The van der Waals surface area contributed by atoms with Crippen LogP contribution >= 0.6 is 0 Å². The average Bonchev–Trinajstić information content (AvgIpc) is 4.07. The molecule has 0 atom stereocenters. The van der Waals surface area contributed by atoms with Gasteiger partial charge in [-0.3, -0.25) is 0 Å². The van der Waals surface area contributed by atoms with Crippen LogP contribution in [0.4, 0.5) is 13.2 Å². The Morgan fingerprint density at radius 1 is 0.661 bits per heavy atom. The number of aryl methyl sites for hydroxylation is 1. The van der Waals surface area contributed by atoms with E-state index in [2.05, 4.69) is 51.8 Å². The summed E-state index contributed by atoms with van der Waals surface area (Å²) in [4.78, 5) is 45.1. The minimum Gasteiger partial charge on any atom is -0.461 e. The number of alkyl halides is 3. The van der Waals surface area contributed by atoms with E-state index in [0.717, 1.165) is 41.8 Å². The minimum atomic E-state index is -4.44. The molecule has 0 radical (unpaired) electrons. The van der Waals surface area contributed by atoms with Crippen LogP contribution in [0.5, 0.6) is 0 Å². The van der Waals surface area contributed by atoms with Crippen molar-refractivity contribution in [2.45, 2.75) is 59.9 Å². The topological polar surface area (TPSA) is 139 Å². The highest BCUT2D eigenvalue weighted by Gasteiger charge is 2.31. The van der Waals surface area contributed by atoms with E-state index >= 15 is 0 Å². The zero-order valence-corrected chi connectivity index (χ0v) is 33.7. The van der Waals surface area contributed by atoms with Gasteiger partial charge in [0.15, 0.2) is 11.4 Å². The first-order chi connectivity index (χ1) is 28.4. The Morgan fingerprint density at radius 2 is 1.17 bits per heavy atom. The predicted octanol–water partition coefficient (Wildman–Crippen LogP) is 8.80. The molecule has 5 rings (SSSR count). The van der Waals surface area contributed by atoms with Crippen molar-refractivity contribution in [2.75, 3.05) is 27.4 Å². The molecule has 1 fully saturated rings. The number of rotatable bonds is 17. The Bertz CT molecular complexity index is 2150. The Hall–Kier alpha value is -6.51. The SMILES string of the molecule is CCOC(=O)/C(=N/OC)c1ccccc1CO/N=C(/C)c1cccc(C(F)(F)F)c1.CCOC(=O)/C(=N/OC)c1ccccc1CO/N=C(\c1ccc(C)cc1)C1CC1. The molecule has 4 aromatic carbocycles. The second-order valence-corrected chi connectivity index (χ2v) is 12.9. The molecule has 1 saturated carbocycles. The van der Waals surface area contributed by atoms with Crippen LogP contribution in [-0.2, 0) is 57.8 Å². The maximum absolute atomic E-state index is 12.9. The van der Waals surface area contributed by atoms with Gasteiger partial charge in [0.25, 0.3) is 0 Å². The van der Waals surface area contributed by atoms with Gasteiger partial charge < -0.3 is 28.8 Å². The van der Waals surface area contributed by atoms with Crippen LogP contribution in [0.15, 0.2) is 118 Å². The molecule has 15 heteroatoms. The van der Waals surface area contributed by atoms with Crippen LogP contribution in [0.25, 0.3) is 0 Å². The number of benzene rings is 4. The second-order valence-electron chi connectivity index (χ2n) is 12.9. The van der Waals surface area contributed by atoms with E-state index in [1.54, 1.807) is 44.2 Å². The van der Waals surface area contributed by atoms with E-state index in [0.29, 0.717) is 22.6 Å². The van der Waals surface area contributed by atoms with E-state index in [1.807, 2.05) is 18.2 Å². The summed E-state index contributed by atoms with van der Waals surface area (Å²) in [6, 6.07) is 27.3. The predicted molar refractivity (Wildman–Crippen MR) is 217 cm³/mol. The van der Waals surface area contributed by atoms with Gasteiger partial charge in [-0.2, -0.15) is 13.2 Å². The first-order valence-corrected chi connectivity index (χ1v) is 18.8. The van der Waals surface area contributed by atoms with Gasteiger partial charge >= 0.3 is 18.1 Å². The van der Waals surface area contributed by atoms with Crippen molar-refractivity contribution in [2.24, 2.45) is 26.5 Å². The molecule has 0 aromatic heterocycles. The molecule has 0 heterocycles. The van der Waals surface area contributed by atoms with Gasteiger partial charge in [-0.25, -0.2) is 9.59 Å². The minimum absolute atomic E-state index is 0.0304. The fourth-order valence-corrected chi connectivity index (χ4v) is 5.52. The van der Waals surface area contributed by atoms with Crippen LogP contribution in [0, 0.1) is 12.8 Å². The lowest BCUT2D eigenvalue weighted by molar-refractivity contribution is -0.138. The molecule has 0 bridgehead atoms. The highest BCUT2D eigenvalue weighted by molar-refractivity contribution is 6.44. The normalized spacial score (nSPS) is 13.4. The molecular weight excluding hydrogens is 769 g/mol. The maximum atomic E-state index is 12.9. The van der Waals surface area contributed by atoms with Crippen molar-refractivity contribution in [1.82, 2.24) is 0 Å². The van der Waals surface area contributed by atoms with E-state index in [9.17, 15) is 22.8 Å². The zero-order valence-electron chi connectivity index (χ0n) is 33.7. The lowest BCUT2D eigenvalue weighted by Gasteiger charge is -2.11. The number of esters is 2. The summed E-state index contributed by atoms with van der Waals surface area (Å²) in [7, 11) is 2.70. The van der Waals surface area contributed by atoms with Crippen LogP contribution in [0.2, 0.25) is 0 Å². The summed E-state index contributed by atoms with van der Waals surface area (Å²) in [6.45, 7) is 7.60. The summed E-state index contributed by atoms with van der Waals surface area (Å²) in [5, 5.41) is 15.9. The molecule has 0 spiro atoms. The third-order valence-electron chi connectivity index (χ3n) is 8.57. The molecule has 312 valence electrons. The van der Waals surface area contributed by atoms with Crippen LogP contribution in [-0.4, -0.2) is 62.2 Å². The largest absolute Gasteiger partial charge is 0.461 e. The highest BCUT2D eigenvalue weighted by Crippen LogP contribution is 2.34. The summed E-state index contributed by atoms with van der Waals surface area (Å²) in [6.07, 6.45) is -2.19. The average molecular weight is 817 g/mol. The van der Waals surface area contributed by atoms with Crippen LogP contribution in [0.3, 0.4) is 0 Å². The molecule has 1 aliphatic carbocycles. The van der Waals surface area contributed by atoms with E-state index in [4.69, 9.17) is 28.8 Å². The first kappa shape index (κ1) is 45.2. The van der Waals surface area contributed by atoms with E-state index in [1.165, 1.54) is 38.8 Å². The lowest BCUT2D eigenvalue weighted by Crippen LogP contribution is -2.21. The number of nitrogens with zero attached hydrogens (tertiary/aromatic N) is 4. The van der Waals surface area contributed by atoms with Crippen molar-refractivity contribution in [3.8, 4) is 0 Å². The van der Waals surface area contributed by atoms with Gasteiger partial charge in [-0.1, -0.05) is 111 Å². The standard InChI is InChI=1S/C23H26N2O4.C21H21F3N2O4/c1-4-28-23(26)22(24-27-3)20-8-6-5-7-19(20)15-29-25-21(18-13-14-18)17-11-9-16(2)10-12-17;1-4-29-20(27)19(26-28-3)18-11-6-5-8-16(18)13-30-25-14(2)15-9-7-10-17(12-15)21(22,23)24/h5-12,18H,4,13-15H2,1-3H3;5-12H,4,13H2,1-3H3/b24-22+,25-21+;25-14-,26-19+. The van der Waals surface area contributed by atoms with Gasteiger partial charge in [-0.15, -0.1) is 0 Å². The number of carbonyl (C=O) groups excluding carboxylic acids is 2. The number of hydrogen-bond donors (Lipinski definition) is 0. The van der Waals surface area contributed by atoms with Gasteiger partial charge in [0, 0.05) is 28.2 Å². The molecule has 1 aliphatic rings. The fraction of sp³-hybridized carbons (Fsp3) is 0.318. The van der Waals surface area contributed by atoms with Gasteiger partial charge in [0.05, 0.1) is 30.2 Å². The molecule has 12 nitrogen and oxygen atoms in total. The van der Waals surface area contributed by atoms with Crippen molar-refractivity contribution < 1.29 is 51.6 Å². The van der Waals surface area contributed by atoms with Gasteiger partial charge in [0.2, 0.25) is 0 Å². The number of oxime groups is 4. The number of ether oxygens (including phenoxy) is 2. The van der Waals surface area contributed by atoms with E-state index < -0.39 is 23.7 Å². The molecule has 59 heavy (non-hydrogen) atoms. The van der Waals surface area contributed by atoms with Crippen molar-refractivity contribution in [3.05, 3.63) is 142 Å². The highest BCUT2D eigenvalue weighted by atomic mass is 19.4. The number of halogens is 3. The summed E-state index contributed by atoms with van der Waals surface area (Å²) < 4.78 is 48.7. The van der Waals surface area contributed by atoms with Crippen LogP contribution in [0.1, 0.15) is 78.1 Å². The zero-order chi connectivity index (χ0) is 42.8. The Labute approximate surface area is 341 Å². The van der Waals surface area contributed by atoms with E-state index in [-0.39, 0.29) is 49.1 Å². The van der Waals surface area contributed by atoms with Gasteiger partial charge in [0.1, 0.15) is 27.4 Å². The summed E-state index contributed by atoms with van der Waals surface area (Å²) >= 11 is 0. The molecule has 0 saturated heterocycles. The molecule has 4 aromatic rings. The van der Waals surface area contributed by atoms with Crippen LogP contribution < -0.4 is 0 Å². The third-order valence-corrected chi connectivity index (χ3v) is 8.57. The fourth-order valence-electron chi connectivity index (χ4n) is 5.52. The smallest absolute Gasteiger partial charge is 0.416 e. The molecule has 0 unspecified atom stereocenters. The maximum Gasteiger partial charge on any atom is 0.416 e. The van der Waals surface area contributed by atoms with Crippen molar-refractivity contribution in [1.29, 1.82) is 0 Å². The molecule has 0 aliphatic heterocycles. The monoisotopic (exact) mass is 816 g/mol. The summed E-state index contributed by atoms with van der Waals surface area (Å²) in [5.41, 5.74) is 5.52. The Balaban J connectivity index is 0.000000261. The Kier molecular flexibility index (Phi) is 17.2. The van der Waals surface area contributed by atoms with Crippen molar-refractivity contribution >= 4 is 34.8 Å². The lowest BCUT2D eigenvalue weighted by atomic mass is 10.0. The van der Waals surface area contributed by atoms with Gasteiger partial charge in [-0.05, 0) is 63.8 Å². The molecule has 0 amide bonds. The van der Waals surface area contributed by atoms with Crippen molar-refractivity contribution in [3.63, 3.8) is 0 Å². The first-order valence-electron chi connectivity index (χ1n) is 18.8. The second kappa shape index (κ2) is 22.4. The molecule has 0 N–H and O–H groups in total. The third kappa shape index (κ3) is 13.5. The molecular formula is C44H47F3N4O8. The number of hydrogen-bond acceptors (Lipinski definition) is 12. The Morgan fingerprint density at radius 3 is 1.64 bits per heavy atom. The quantitative estimate of drug-likeness (QED) is 0.0586. The summed E-state index contributed by atoms with van der Waals surface area (Å²) in [5.74, 6) is -0.753. The number of carbonyl (C=O) groups is 2.